The molecule has 7 heteroatoms. The van der Waals surface area contributed by atoms with E-state index in [2.05, 4.69) is 17.6 Å². The summed E-state index contributed by atoms with van der Waals surface area (Å²) in [6, 6.07) is 5.55. The van der Waals surface area contributed by atoms with Crippen molar-refractivity contribution in [3.05, 3.63) is 23.8 Å². The lowest BCUT2D eigenvalue weighted by atomic mass is 9.86. The Bertz CT molecular complexity index is 788. The minimum Gasteiger partial charge on any atom is -0.376 e. The minimum absolute atomic E-state index is 0.0419. The molecule has 2 atom stereocenters. The van der Waals surface area contributed by atoms with E-state index in [4.69, 9.17) is 0 Å². The number of rotatable bonds is 6. The standard InChI is InChI=1S/C21H33N3O3S/c1-16-8-4-5-9-19(16)23-21(25)15-22-18-11-10-17(2)20(14-18)28(26,27)24-12-6-3-7-13-24/h10-11,14,16,19,22H,3-9,12-13,15H2,1-2H3,(H,23,25). The van der Waals surface area contributed by atoms with Crippen molar-refractivity contribution in [1.29, 1.82) is 0 Å². The normalized spacial score (nSPS) is 23.9. The van der Waals surface area contributed by atoms with Crippen molar-refractivity contribution >= 4 is 21.6 Å². The summed E-state index contributed by atoms with van der Waals surface area (Å²) in [5.41, 5.74) is 1.39. The highest BCUT2D eigenvalue weighted by Gasteiger charge is 2.27. The molecule has 1 aromatic rings. The largest absolute Gasteiger partial charge is 0.376 e. The van der Waals surface area contributed by atoms with Gasteiger partial charge in [0, 0.05) is 24.8 Å². The van der Waals surface area contributed by atoms with Crippen LogP contribution in [0.15, 0.2) is 23.1 Å². The molecule has 1 saturated heterocycles. The molecule has 6 nitrogen and oxygen atoms in total. The fourth-order valence-electron chi connectivity index (χ4n) is 4.20. The first-order valence-corrected chi connectivity index (χ1v) is 12.0. The Morgan fingerprint density at radius 3 is 2.54 bits per heavy atom. The van der Waals surface area contributed by atoms with Gasteiger partial charge in [-0.05, 0) is 56.2 Å². The lowest BCUT2D eigenvalue weighted by molar-refractivity contribution is -0.120. The third-order valence-electron chi connectivity index (χ3n) is 6.03. The number of benzene rings is 1. The van der Waals surface area contributed by atoms with Gasteiger partial charge in [-0.2, -0.15) is 4.31 Å². The highest BCUT2D eigenvalue weighted by Crippen LogP contribution is 2.26. The number of nitrogens with zero attached hydrogens (tertiary/aromatic N) is 1. The number of nitrogens with one attached hydrogen (secondary N) is 2. The van der Waals surface area contributed by atoms with Crippen LogP contribution >= 0.6 is 0 Å². The zero-order chi connectivity index (χ0) is 20.1. The van der Waals surface area contributed by atoms with Gasteiger partial charge in [0.1, 0.15) is 0 Å². The Morgan fingerprint density at radius 2 is 1.82 bits per heavy atom. The quantitative estimate of drug-likeness (QED) is 0.759. The number of piperidine rings is 1. The molecule has 2 fully saturated rings. The second-order valence-electron chi connectivity index (χ2n) is 8.23. The molecule has 1 aromatic carbocycles. The second kappa shape index (κ2) is 9.27. The molecule has 1 heterocycles. The van der Waals surface area contributed by atoms with Crippen LogP contribution in [0, 0.1) is 12.8 Å². The summed E-state index contributed by atoms with van der Waals surface area (Å²) < 4.78 is 27.6. The van der Waals surface area contributed by atoms with Crippen LogP contribution in [0.25, 0.3) is 0 Å². The van der Waals surface area contributed by atoms with Crippen molar-refractivity contribution in [1.82, 2.24) is 9.62 Å². The van der Waals surface area contributed by atoms with Crippen molar-refractivity contribution in [2.75, 3.05) is 25.0 Å². The van der Waals surface area contributed by atoms with Crippen LogP contribution in [0.4, 0.5) is 5.69 Å². The van der Waals surface area contributed by atoms with Gasteiger partial charge in [-0.15, -0.1) is 0 Å². The van der Waals surface area contributed by atoms with Crippen molar-refractivity contribution in [2.45, 2.75) is 69.7 Å². The number of carbonyl (C=O) groups is 1. The number of sulfonamides is 1. The number of carbonyl (C=O) groups excluding carboxylic acids is 1. The number of amides is 1. The monoisotopic (exact) mass is 407 g/mol. The first-order valence-electron chi connectivity index (χ1n) is 10.5. The summed E-state index contributed by atoms with van der Waals surface area (Å²) in [4.78, 5) is 12.7. The molecule has 0 spiro atoms. The van der Waals surface area contributed by atoms with Crippen molar-refractivity contribution in [2.24, 2.45) is 5.92 Å². The van der Waals surface area contributed by atoms with Crippen LogP contribution in [0.1, 0.15) is 57.4 Å². The maximum absolute atomic E-state index is 13.0. The molecule has 1 aliphatic carbocycles. The average Bonchev–Trinajstić information content (AvgIpc) is 2.69. The molecular formula is C21H33N3O3S. The topological polar surface area (TPSA) is 78.5 Å². The van der Waals surface area contributed by atoms with E-state index >= 15 is 0 Å². The van der Waals surface area contributed by atoms with Gasteiger partial charge in [0.05, 0.1) is 11.4 Å². The van der Waals surface area contributed by atoms with E-state index in [-0.39, 0.29) is 18.5 Å². The molecule has 0 radical (unpaired) electrons. The van der Waals surface area contributed by atoms with Gasteiger partial charge in [0.25, 0.3) is 0 Å². The third kappa shape index (κ3) is 5.06. The minimum atomic E-state index is -3.49. The van der Waals surface area contributed by atoms with Gasteiger partial charge >= 0.3 is 0 Å². The zero-order valence-corrected chi connectivity index (χ0v) is 17.9. The van der Waals surface area contributed by atoms with E-state index in [0.717, 1.165) is 37.7 Å². The Balaban J connectivity index is 1.63. The number of hydrogen-bond donors (Lipinski definition) is 2. The van der Waals surface area contributed by atoms with Crippen molar-refractivity contribution in [3.8, 4) is 0 Å². The molecule has 2 N–H and O–H groups in total. The van der Waals surface area contributed by atoms with Crippen LogP contribution in [0.3, 0.4) is 0 Å². The second-order valence-corrected chi connectivity index (χ2v) is 10.1. The summed E-state index contributed by atoms with van der Waals surface area (Å²) in [6.07, 6.45) is 7.51. The van der Waals surface area contributed by atoms with Crippen LogP contribution in [0.5, 0.6) is 0 Å². The first kappa shape index (κ1) is 21.1. The molecular weight excluding hydrogens is 374 g/mol. The van der Waals surface area contributed by atoms with E-state index in [1.807, 2.05) is 13.0 Å². The lowest BCUT2D eigenvalue weighted by Crippen LogP contribution is -2.43. The summed E-state index contributed by atoms with van der Waals surface area (Å²) in [6.45, 7) is 5.32. The van der Waals surface area contributed by atoms with Crippen LogP contribution in [-0.4, -0.2) is 44.3 Å². The summed E-state index contributed by atoms with van der Waals surface area (Å²) in [5, 5.41) is 6.22. The molecule has 28 heavy (non-hydrogen) atoms. The Hall–Kier alpha value is -1.60. The molecule has 2 unspecified atom stereocenters. The predicted octanol–water partition coefficient (Wildman–Crippen LogP) is 3.28. The molecule has 2 aliphatic rings. The van der Waals surface area contributed by atoms with Gasteiger partial charge in [0.2, 0.25) is 15.9 Å². The first-order chi connectivity index (χ1) is 13.4. The zero-order valence-electron chi connectivity index (χ0n) is 17.0. The molecule has 1 saturated carbocycles. The number of hydrogen-bond acceptors (Lipinski definition) is 4. The average molecular weight is 408 g/mol. The highest BCUT2D eigenvalue weighted by atomic mass is 32.2. The van der Waals surface area contributed by atoms with Crippen LogP contribution in [0.2, 0.25) is 0 Å². The number of anilines is 1. The molecule has 3 rings (SSSR count). The van der Waals surface area contributed by atoms with E-state index in [0.29, 0.717) is 29.6 Å². The summed E-state index contributed by atoms with van der Waals surface area (Å²) in [7, 11) is -3.49. The summed E-state index contributed by atoms with van der Waals surface area (Å²) >= 11 is 0. The van der Waals surface area contributed by atoms with E-state index in [1.54, 1.807) is 16.4 Å². The van der Waals surface area contributed by atoms with E-state index < -0.39 is 10.0 Å². The van der Waals surface area contributed by atoms with Gasteiger partial charge < -0.3 is 10.6 Å². The van der Waals surface area contributed by atoms with Crippen LogP contribution in [-0.2, 0) is 14.8 Å². The molecule has 1 amide bonds. The molecule has 0 aromatic heterocycles. The Morgan fingerprint density at radius 1 is 1.11 bits per heavy atom. The summed E-state index contributed by atoms with van der Waals surface area (Å²) in [5.74, 6) is 0.470. The smallest absolute Gasteiger partial charge is 0.243 e. The van der Waals surface area contributed by atoms with Crippen molar-refractivity contribution in [3.63, 3.8) is 0 Å². The Labute approximate surface area is 169 Å². The Kier molecular flexibility index (Phi) is 6.99. The van der Waals surface area contributed by atoms with E-state index in [1.165, 1.54) is 12.8 Å². The molecule has 156 valence electrons. The van der Waals surface area contributed by atoms with Gasteiger partial charge in [-0.25, -0.2) is 8.42 Å². The predicted molar refractivity (Wildman–Crippen MR) is 112 cm³/mol. The fourth-order valence-corrected chi connectivity index (χ4v) is 5.97. The highest BCUT2D eigenvalue weighted by molar-refractivity contribution is 7.89. The van der Waals surface area contributed by atoms with Crippen LogP contribution < -0.4 is 10.6 Å². The van der Waals surface area contributed by atoms with Gasteiger partial charge in [0.15, 0.2) is 0 Å². The molecule has 0 bridgehead atoms. The molecule has 1 aliphatic heterocycles. The lowest BCUT2D eigenvalue weighted by Gasteiger charge is -2.29. The SMILES string of the molecule is Cc1ccc(NCC(=O)NC2CCCCC2C)cc1S(=O)(=O)N1CCCCC1. The van der Waals surface area contributed by atoms with Gasteiger partial charge in [-0.1, -0.05) is 32.3 Å². The third-order valence-corrected chi connectivity index (χ3v) is 8.07. The number of aryl methyl sites for hydroxylation is 1. The maximum Gasteiger partial charge on any atom is 0.243 e. The van der Waals surface area contributed by atoms with Crippen molar-refractivity contribution < 1.29 is 13.2 Å². The fraction of sp³-hybridized carbons (Fsp3) is 0.667. The van der Waals surface area contributed by atoms with E-state index in [9.17, 15) is 13.2 Å². The van der Waals surface area contributed by atoms with Gasteiger partial charge in [-0.3, -0.25) is 4.79 Å². The maximum atomic E-state index is 13.0.